The average Bonchev–Trinajstić information content (AvgIpc) is 2.85. The Labute approximate surface area is 202 Å². The van der Waals surface area contributed by atoms with Gasteiger partial charge in [-0.1, -0.05) is 95.1 Å². The summed E-state index contributed by atoms with van der Waals surface area (Å²) in [5.41, 5.74) is 4.31. The first-order valence-corrected chi connectivity index (χ1v) is 12.4. The summed E-state index contributed by atoms with van der Waals surface area (Å²) in [6, 6.07) is 31.6. The van der Waals surface area contributed by atoms with Gasteiger partial charge >= 0.3 is 13.3 Å². The van der Waals surface area contributed by atoms with E-state index < -0.39 is 13.3 Å². The number of hydrogen-bond acceptors (Lipinski definition) is 3. The Morgan fingerprint density at radius 3 is 1.71 bits per heavy atom. The van der Waals surface area contributed by atoms with Crippen LogP contribution in [0, 0.1) is 20.8 Å². The van der Waals surface area contributed by atoms with Crippen LogP contribution in [0.15, 0.2) is 103 Å². The van der Waals surface area contributed by atoms with E-state index in [1.54, 1.807) is 48.5 Å². The molecule has 0 saturated carbocycles. The van der Waals surface area contributed by atoms with Crippen molar-refractivity contribution in [3.8, 4) is 0 Å². The number of Topliss-reactive ketones (excluding diaryl/α,β-unsaturated/α-hetero) is 1. The molecule has 0 aliphatic carbocycles. The topological polar surface area (TPSA) is 51.2 Å². The van der Waals surface area contributed by atoms with Crippen LogP contribution in [-0.2, 0) is 11.0 Å². The van der Waals surface area contributed by atoms with E-state index in [4.69, 9.17) is 0 Å². The Balaban J connectivity index is 0.000000469. The lowest BCUT2D eigenvalue weighted by Crippen LogP contribution is -2.15. The van der Waals surface area contributed by atoms with Crippen molar-refractivity contribution in [2.24, 2.45) is 0 Å². The minimum Gasteiger partial charge on any atom is -0.294 e. The predicted molar refractivity (Wildman–Crippen MR) is 140 cm³/mol. The standard InChI is InChI=1S/C24H22O3P.C6H6/c1-16-13-17(2)23(18(3)14-16)21(25)15-20-11-7-8-12-22(20)28(27)24(26)19-9-5-4-6-10-19;1-2-4-6-5-3-1/h4-14H,15H2,1-3H3;1-6H/q+1;. The Morgan fingerprint density at radius 1 is 0.676 bits per heavy atom. The molecule has 1 atom stereocenters. The molecular formula is C30H28O3P+. The Hall–Kier alpha value is -3.68. The second-order valence-corrected chi connectivity index (χ2v) is 9.60. The molecule has 0 fully saturated rings. The highest BCUT2D eigenvalue weighted by atomic mass is 31.1. The van der Waals surface area contributed by atoms with E-state index in [2.05, 4.69) is 0 Å². The van der Waals surface area contributed by atoms with Gasteiger partial charge in [-0.2, -0.15) is 0 Å². The van der Waals surface area contributed by atoms with Crippen molar-refractivity contribution in [2.45, 2.75) is 27.2 Å². The third-order valence-electron chi connectivity index (χ3n) is 5.39. The maximum Gasteiger partial charge on any atom is 0.458 e. The van der Waals surface area contributed by atoms with E-state index in [1.807, 2.05) is 75.4 Å². The van der Waals surface area contributed by atoms with Gasteiger partial charge in [0.05, 0.1) is 5.56 Å². The van der Waals surface area contributed by atoms with Crippen molar-refractivity contribution < 1.29 is 14.2 Å². The highest BCUT2D eigenvalue weighted by molar-refractivity contribution is 7.71. The summed E-state index contributed by atoms with van der Waals surface area (Å²) in [4.78, 5) is 25.6. The van der Waals surface area contributed by atoms with E-state index in [0.717, 1.165) is 16.7 Å². The van der Waals surface area contributed by atoms with Gasteiger partial charge in [0.25, 0.3) is 0 Å². The minimum atomic E-state index is -2.30. The normalized spacial score (nSPS) is 10.6. The van der Waals surface area contributed by atoms with Gasteiger partial charge in [0.15, 0.2) is 5.78 Å². The van der Waals surface area contributed by atoms with Crippen molar-refractivity contribution in [2.75, 3.05) is 0 Å². The summed E-state index contributed by atoms with van der Waals surface area (Å²) in [5.74, 6) is -0.0296. The van der Waals surface area contributed by atoms with Gasteiger partial charge in [0.1, 0.15) is 0 Å². The Bertz CT molecular complexity index is 1250. The molecule has 4 heteroatoms. The summed E-state index contributed by atoms with van der Waals surface area (Å²) < 4.78 is 12.9. The fraction of sp³-hybridized carbons (Fsp3) is 0.133. The molecule has 170 valence electrons. The molecule has 4 aromatic rings. The molecule has 4 aromatic carbocycles. The summed E-state index contributed by atoms with van der Waals surface area (Å²) in [6.07, 6.45) is 0.115. The predicted octanol–water partition coefficient (Wildman–Crippen LogP) is 7.02. The van der Waals surface area contributed by atoms with Crippen molar-refractivity contribution in [1.29, 1.82) is 0 Å². The van der Waals surface area contributed by atoms with Crippen molar-refractivity contribution in [3.05, 3.63) is 137 Å². The lowest BCUT2D eigenvalue weighted by molar-refractivity contribution is 0.0991. The number of ketones is 1. The van der Waals surface area contributed by atoms with Crippen LogP contribution in [0.4, 0.5) is 0 Å². The van der Waals surface area contributed by atoms with Gasteiger partial charge < -0.3 is 0 Å². The number of carbonyl (C=O) groups is 2. The zero-order valence-electron chi connectivity index (χ0n) is 19.7. The van der Waals surface area contributed by atoms with Gasteiger partial charge in [-0.25, -0.2) is 4.79 Å². The zero-order chi connectivity index (χ0) is 24.5. The SMILES string of the molecule is Cc1cc(C)c(C(=O)Cc2ccccc2[P+](=O)C(=O)c2ccccc2)c(C)c1.c1ccccc1. The summed E-state index contributed by atoms with van der Waals surface area (Å²) in [7, 11) is -2.30. The average molecular weight is 468 g/mol. The third kappa shape index (κ3) is 6.43. The smallest absolute Gasteiger partial charge is 0.294 e. The molecule has 0 aromatic heterocycles. The molecule has 3 nitrogen and oxygen atoms in total. The molecule has 0 heterocycles. The summed E-state index contributed by atoms with van der Waals surface area (Å²) >= 11 is 0. The molecule has 0 bridgehead atoms. The zero-order valence-corrected chi connectivity index (χ0v) is 20.6. The van der Waals surface area contributed by atoms with Crippen LogP contribution in [0.5, 0.6) is 0 Å². The van der Waals surface area contributed by atoms with E-state index in [9.17, 15) is 14.2 Å². The third-order valence-corrected chi connectivity index (χ3v) is 6.89. The molecule has 0 N–H and O–H groups in total. The van der Waals surface area contributed by atoms with Crippen molar-refractivity contribution in [3.63, 3.8) is 0 Å². The fourth-order valence-electron chi connectivity index (χ4n) is 3.93. The highest BCUT2D eigenvalue weighted by Gasteiger charge is 2.35. The number of hydrogen-bond donors (Lipinski definition) is 0. The monoisotopic (exact) mass is 467 g/mol. The van der Waals surface area contributed by atoms with E-state index in [0.29, 0.717) is 22.0 Å². The molecule has 34 heavy (non-hydrogen) atoms. The maximum absolute atomic E-state index is 13.0. The second-order valence-electron chi connectivity index (χ2n) is 8.12. The van der Waals surface area contributed by atoms with Crippen LogP contribution in [0.25, 0.3) is 0 Å². The quantitative estimate of drug-likeness (QED) is 0.226. The van der Waals surface area contributed by atoms with E-state index in [1.165, 1.54) is 0 Å². The second kappa shape index (κ2) is 12.0. The minimum absolute atomic E-state index is 0.0296. The molecule has 0 radical (unpaired) electrons. The molecule has 0 aliphatic rings. The van der Waals surface area contributed by atoms with E-state index in [-0.39, 0.29) is 12.2 Å². The lowest BCUT2D eigenvalue weighted by Gasteiger charge is -2.10. The first-order chi connectivity index (χ1) is 16.4. The van der Waals surface area contributed by atoms with Crippen LogP contribution in [-0.4, -0.2) is 11.3 Å². The fourth-order valence-corrected chi connectivity index (χ4v) is 5.17. The first kappa shape index (κ1) is 25.0. The summed E-state index contributed by atoms with van der Waals surface area (Å²) in [6.45, 7) is 5.86. The van der Waals surface area contributed by atoms with Gasteiger partial charge in [-0.05, 0) is 50.1 Å². The van der Waals surface area contributed by atoms with Crippen LogP contribution >= 0.6 is 7.80 Å². The van der Waals surface area contributed by atoms with E-state index >= 15 is 0 Å². The van der Waals surface area contributed by atoms with Crippen LogP contribution < -0.4 is 5.30 Å². The maximum atomic E-state index is 13.0. The summed E-state index contributed by atoms with van der Waals surface area (Å²) in [5, 5.41) is 0.433. The lowest BCUT2D eigenvalue weighted by atomic mass is 9.93. The van der Waals surface area contributed by atoms with Crippen molar-refractivity contribution >= 4 is 24.4 Å². The molecule has 1 unspecified atom stereocenters. The number of rotatable bonds is 6. The molecule has 0 saturated heterocycles. The molecule has 4 rings (SSSR count). The van der Waals surface area contributed by atoms with Crippen molar-refractivity contribution in [1.82, 2.24) is 0 Å². The number of aryl methyl sites for hydroxylation is 3. The largest absolute Gasteiger partial charge is 0.458 e. The molecule has 0 spiro atoms. The Kier molecular flexibility index (Phi) is 8.79. The first-order valence-electron chi connectivity index (χ1n) is 11.1. The Morgan fingerprint density at radius 2 is 1.15 bits per heavy atom. The van der Waals surface area contributed by atoms with Crippen LogP contribution in [0.2, 0.25) is 0 Å². The van der Waals surface area contributed by atoms with Gasteiger partial charge in [0, 0.05) is 17.5 Å². The molecule has 0 amide bonds. The van der Waals surface area contributed by atoms with Crippen LogP contribution in [0.3, 0.4) is 0 Å². The highest BCUT2D eigenvalue weighted by Crippen LogP contribution is 2.28. The van der Waals surface area contributed by atoms with Crippen LogP contribution in [0.1, 0.15) is 43.0 Å². The van der Waals surface area contributed by atoms with Gasteiger partial charge in [0.2, 0.25) is 5.30 Å². The molecule has 0 aliphatic heterocycles. The van der Waals surface area contributed by atoms with Gasteiger partial charge in [-0.15, -0.1) is 0 Å². The van der Waals surface area contributed by atoms with Gasteiger partial charge in [-0.3, -0.25) is 4.79 Å². The number of carbonyl (C=O) groups excluding carboxylic acids is 2. The number of benzene rings is 4. The molecular weight excluding hydrogens is 439 g/mol.